The summed E-state index contributed by atoms with van der Waals surface area (Å²) >= 11 is 0. The number of fused-ring (bicyclic) bond motifs is 1. The van der Waals surface area contributed by atoms with E-state index in [0.29, 0.717) is 23.1 Å². The van der Waals surface area contributed by atoms with Crippen LogP contribution in [0.5, 0.6) is 11.5 Å². The van der Waals surface area contributed by atoms with E-state index in [2.05, 4.69) is 0 Å². The minimum Gasteiger partial charge on any atom is -0.508 e. The first-order chi connectivity index (χ1) is 13.0. The number of ether oxygens (including phenoxy) is 2. The highest BCUT2D eigenvalue weighted by Crippen LogP contribution is 2.27. The minimum atomic E-state index is -0.563. The average molecular weight is 368 g/mol. The van der Waals surface area contributed by atoms with E-state index in [4.69, 9.17) is 13.9 Å². The Labute approximate surface area is 156 Å². The molecule has 3 rings (SSSR count). The first kappa shape index (κ1) is 18.5. The molecule has 0 amide bonds. The maximum absolute atomic E-state index is 12.1. The molecular weight excluding hydrogens is 348 g/mol. The molecule has 0 saturated carbocycles. The van der Waals surface area contributed by atoms with Gasteiger partial charge < -0.3 is 19.0 Å². The van der Waals surface area contributed by atoms with Crippen LogP contribution in [-0.4, -0.2) is 18.2 Å². The van der Waals surface area contributed by atoms with Crippen molar-refractivity contribution in [3.63, 3.8) is 0 Å². The van der Waals surface area contributed by atoms with Crippen molar-refractivity contribution in [2.45, 2.75) is 26.4 Å². The van der Waals surface area contributed by atoms with Crippen LogP contribution >= 0.6 is 0 Å². The summed E-state index contributed by atoms with van der Waals surface area (Å²) in [6.45, 7) is 1.86. The van der Waals surface area contributed by atoms with E-state index in [1.54, 1.807) is 37.4 Å². The summed E-state index contributed by atoms with van der Waals surface area (Å²) in [5.41, 5.74) is 1.77. The molecule has 140 valence electrons. The third-order valence-electron chi connectivity index (χ3n) is 4.31. The van der Waals surface area contributed by atoms with E-state index < -0.39 is 11.6 Å². The van der Waals surface area contributed by atoms with Gasteiger partial charge in [-0.1, -0.05) is 19.1 Å². The zero-order chi connectivity index (χ0) is 19.4. The number of phenolic OH excluding ortho intramolecular Hbond substituents is 1. The molecule has 6 heteroatoms. The average Bonchev–Trinajstić information content (AvgIpc) is 2.66. The Morgan fingerprint density at radius 1 is 1.11 bits per heavy atom. The molecule has 0 unspecified atom stereocenters. The van der Waals surface area contributed by atoms with Crippen molar-refractivity contribution < 1.29 is 23.8 Å². The van der Waals surface area contributed by atoms with Gasteiger partial charge in [-0.05, 0) is 35.7 Å². The normalized spacial score (nSPS) is 10.7. The number of carbonyl (C=O) groups excluding carboxylic acids is 1. The lowest BCUT2D eigenvalue weighted by Crippen LogP contribution is -2.10. The first-order valence-corrected chi connectivity index (χ1v) is 8.57. The van der Waals surface area contributed by atoms with E-state index >= 15 is 0 Å². The zero-order valence-electron chi connectivity index (χ0n) is 15.2. The smallest absolute Gasteiger partial charge is 0.336 e. The Morgan fingerprint density at radius 3 is 2.52 bits per heavy atom. The van der Waals surface area contributed by atoms with Crippen molar-refractivity contribution in [3.8, 4) is 11.5 Å². The van der Waals surface area contributed by atoms with E-state index in [0.717, 1.165) is 11.1 Å². The number of hydrogen-bond donors (Lipinski definition) is 1. The largest absolute Gasteiger partial charge is 0.508 e. The highest BCUT2D eigenvalue weighted by atomic mass is 16.5. The Balaban J connectivity index is 1.77. The molecule has 0 fully saturated rings. The van der Waals surface area contributed by atoms with Gasteiger partial charge in [0.05, 0.1) is 13.5 Å². The molecule has 0 saturated heterocycles. The molecule has 1 N–H and O–H groups in total. The molecule has 0 spiro atoms. The first-order valence-electron chi connectivity index (χ1n) is 8.57. The summed E-state index contributed by atoms with van der Waals surface area (Å²) < 4.78 is 15.6. The van der Waals surface area contributed by atoms with Crippen LogP contribution in [0.1, 0.15) is 23.6 Å². The predicted molar refractivity (Wildman–Crippen MR) is 100 cm³/mol. The molecule has 1 aromatic heterocycles. The maximum atomic E-state index is 12.1. The highest BCUT2D eigenvalue weighted by molar-refractivity contribution is 5.83. The summed E-state index contributed by atoms with van der Waals surface area (Å²) in [4.78, 5) is 23.9. The van der Waals surface area contributed by atoms with Crippen LogP contribution in [0.15, 0.2) is 51.7 Å². The molecule has 6 nitrogen and oxygen atoms in total. The third-order valence-corrected chi connectivity index (χ3v) is 4.31. The van der Waals surface area contributed by atoms with Crippen LogP contribution in [0, 0.1) is 0 Å². The second-order valence-electron chi connectivity index (χ2n) is 6.11. The van der Waals surface area contributed by atoms with Gasteiger partial charge in [0.25, 0.3) is 0 Å². The number of aromatic hydroxyl groups is 1. The molecule has 0 aliphatic heterocycles. The molecule has 27 heavy (non-hydrogen) atoms. The Hall–Kier alpha value is -3.28. The molecular formula is C21H20O6. The predicted octanol–water partition coefficient (Wildman–Crippen LogP) is 3.36. The van der Waals surface area contributed by atoms with Gasteiger partial charge in [0.2, 0.25) is 0 Å². The fraction of sp³-hybridized carbons (Fsp3) is 0.238. The monoisotopic (exact) mass is 368 g/mol. The SMILES string of the molecule is CCc1cc2c(COC(=O)Cc3ccc(OC)cc3)cc(=O)oc2cc1O. The molecule has 0 aliphatic carbocycles. The quantitative estimate of drug-likeness (QED) is 0.530. The number of esters is 1. The van der Waals surface area contributed by atoms with Crippen LogP contribution < -0.4 is 10.4 Å². The van der Waals surface area contributed by atoms with Gasteiger partial charge in [0.1, 0.15) is 23.7 Å². The maximum Gasteiger partial charge on any atom is 0.336 e. The van der Waals surface area contributed by atoms with Gasteiger partial charge in [-0.15, -0.1) is 0 Å². The molecule has 1 heterocycles. The number of rotatable bonds is 6. The third kappa shape index (κ3) is 4.28. The zero-order valence-corrected chi connectivity index (χ0v) is 15.2. The van der Waals surface area contributed by atoms with Gasteiger partial charge in [-0.25, -0.2) is 4.79 Å². The van der Waals surface area contributed by atoms with Gasteiger partial charge in [0, 0.05) is 23.1 Å². The second-order valence-corrected chi connectivity index (χ2v) is 6.11. The van der Waals surface area contributed by atoms with Crippen LogP contribution in [0.2, 0.25) is 0 Å². The van der Waals surface area contributed by atoms with Crippen LogP contribution in [0.25, 0.3) is 11.0 Å². The van der Waals surface area contributed by atoms with Gasteiger partial charge in [0.15, 0.2) is 0 Å². The number of hydrogen-bond acceptors (Lipinski definition) is 6. The number of phenols is 1. The van der Waals surface area contributed by atoms with E-state index in [-0.39, 0.29) is 24.4 Å². The van der Waals surface area contributed by atoms with E-state index in [9.17, 15) is 14.7 Å². The lowest BCUT2D eigenvalue weighted by molar-refractivity contribution is -0.144. The van der Waals surface area contributed by atoms with Crippen LogP contribution in [0.4, 0.5) is 0 Å². The van der Waals surface area contributed by atoms with Crippen molar-refractivity contribution in [1.29, 1.82) is 0 Å². The Morgan fingerprint density at radius 2 is 1.85 bits per heavy atom. The number of aryl methyl sites for hydroxylation is 1. The van der Waals surface area contributed by atoms with Crippen molar-refractivity contribution in [3.05, 3.63) is 69.6 Å². The standard InChI is InChI=1S/C21H20O6/c1-3-14-9-17-15(10-21(24)27-19(17)11-18(14)22)12-26-20(23)8-13-4-6-16(25-2)7-5-13/h4-7,9-11,22H,3,8,12H2,1-2H3. The highest BCUT2D eigenvalue weighted by Gasteiger charge is 2.12. The Kier molecular flexibility index (Phi) is 5.45. The second kappa shape index (κ2) is 7.95. The van der Waals surface area contributed by atoms with Crippen molar-refractivity contribution in [2.75, 3.05) is 7.11 Å². The molecule has 0 bridgehead atoms. The number of methoxy groups -OCH3 is 1. The van der Waals surface area contributed by atoms with Crippen LogP contribution in [0.3, 0.4) is 0 Å². The fourth-order valence-electron chi connectivity index (χ4n) is 2.83. The van der Waals surface area contributed by atoms with Crippen LogP contribution in [-0.2, 0) is 29.0 Å². The van der Waals surface area contributed by atoms with Crippen molar-refractivity contribution in [1.82, 2.24) is 0 Å². The van der Waals surface area contributed by atoms with Gasteiger partial charge in [-0.2, -0.15) is 0 Å². The van der Waals surface area contributed by atoms with Gasteiger partial charge in [-0.3, -0.25) is 4.79 Å². The minimum absolute atomic E-state index is 0.0506. The van der Waals surface area contributed by atoms with E-state index in [1.165, 1.54) is 12.1 Å². The number of carbonyl (C=O) groups is 1. The molecule has 0 radical (unpaired) electrons. The molecule has 0 atom stereocenters. The number of benzene rings is 2. The summed E-state index contributed by atoms with van der Waals surface area (Å²) in [6.07, 6.45) is 0.738. The lowest BCUT2D eigenvalue weighted by Gasteiger charge is -2.10. The van der Waals surface area contributed by atoms with Crippen molar-refractivity contribution in [2.24, 2.45) is 0 Å². The summed E-state index contributed by atoms with van der Waals surface area (Å²) in [5, 5.41) is 10.6. The summed E-state index contributed by atoms with van der Waals surface area (Å²) in [6, 6.07) is 11.6. The lowest BCUT2D eigenvalue weighted by atomic mass is 10.0. The molecule has 3 aromatic rings. The Bertz CT molecular complexity index is 1020. The summed E-state index contributed by atoms with van der Waals surface area (Å²) in [5.74, 6) is 0.377. The molecule has 0 aliphatic rings. The fourth-order valence-corrected chi connectivity index (χ4v) is 2.83. The molecule has 2 aromatic carbocycles. The van der Waals surface area contributed by atoms with Crippen molar-refractivity contribution >= 4 is 16.9 Å². The van der Waals surface area contributed by atoms with E-state index in [1.807, 2.05) is 6.92 Å². The summed E-state index contributed by atoms with van der Waals surface area (Å²) in [7, 11) is 1.58. The topological polar surface area (TPSA) is 86.0 Å². The van der Waals surface area contributed by atoms with Gasteiger partial charge >= 0.3 is 11.6 Å².